The molecule has 51 heavy (non-hydrogen) atoms. The van der Waals surface area contributed by atoms with Crippen LogP contribution in [0.2, 0.25) is 0 Å². The maximum atomic E-state index is 15.3. The van der Waals surface area contributed by atoms with Gasteiger partial charge in [-0.2, -0.15) is 13.2 Å². The van der Waals surface area contributed by atoms with Crippen LogP contribution in [0.4, 0.5) is 46.0 Å². The Balaban J connectivity index is 1.44. The fraction of sp³-hybridized carbons (Fsp3) is 0.394. The molecule has 3 aromatic rings. The van der Waals surface area contributed by atoms with Crippen molar-refractivity contribution in [3.8, 4) is 11.1 Å². The summed E-state index contributed by atoms with van der Waals surface area (Å²) in [4.78, 5) is 42.6. The van der Waals surface area contributed by atoms with Gasteiger partial charge >= 0.3 is 18.4 Å². The number of halogens is 7. The first kappa shape index (κ1) is 39.0. The number of hydrogen-bond acceptors (Lipinski definition) is 9. The molecule has 1 aliphatic rings. The number of anilines is 1. The van der Waals surface area contributed by atoms with E-state index in [-0.39, 0.29) is 55.8 Å². The number of nitrogens with zero attached hydrogens (tertiary/aromatic N) is 2. The number of alkyl halides is 4. The van der Waals surface area contributed by atoms with Crippen LogP contribution in [0.15, 0.2) is 54.9 Å². The number of hydrogen-bond donors (Lipinski definition) is 3. The SMILES string of the molecule is N[C@@H](Cc1ccc(F)c(-c2ccc(F)cc2)c1)C(=O)N(C(=O)OCCF)c1cncc(F)c1CC[C@@H]1CN[C@H](COC(=O)NCC(F)(F)F)CO1. The number of nitrogens with two attached hydrogens (primary N) is 1. The van der Waals surface area contributed by atoms with E-state index in [0.717, 1.165) is 30.6 Å². The number of aromatic nitrogens is 1. The first-order chi connectivity index (χ1) is 24.3. The second kappa shape index (κ2) is 17.9. The number of morpholine rings is 1. The van der Waals surface area contributed by atoms with Gasteiger partial charge in [0.1, 0.15) is 43.9 Å². The number of carbonyl (C=O) groups is 3. The molecule has 4 N–H and O–H groups in total. The van der Waals surface area contributed by atoms with Crippen LogP contribution in [0.1, 0.15) is 17.5 Å². The number of amides is 3. The first-order valence-electron chi connectivity index (χ1n) is 15.6. The van der Waals surface area contributed by atoms with Gasteiger partial charge in [-0.05, 0) is 54.7 Å². The zero-order chi connectivity index (χ0) is 37.1. The largest absolute Gasteiger partial charge is 0.448 e. The Morgan fingerprint density at radius 3 is 2.47 bits per heavy atom. The van der Waals surface area contributed by atoms with E-state index < -0.39 is 79.7 Å². The molecule has 1 aliphatic heterocycles. The van der Waals surface area contributed by atoms with Crippen LogP contribution in [0.25, 0.3) is 11.1 Å². The molecule has 18 heteroatoms. The number of rotatable bonds is 13. The number of imide groups is 1. The predicted octanol–water partition coefficient (Wildman–Crippen LogP) is 4.75. The number of benzene rings is 2. The molecule has 0 saturated carbocycles. The Morgan fingerprint density at radius 1 is 1.06 bits per heavy atom. The highest BCUT2D eigenvalue weighted by Gasteiger charge is 2.33. The van der Waals surface area contributed by atoms with Crippen molar-refractivity contribution in [2.24, 2.45) is 5.73 Å². The summed E-state index contributed by atoms with van der Waals surface area (Å²) in [6.45, 7) is -3.47. The number of pyridine rings is 1. The second-order valence-corrected chi connectivity index (χ2v) is 11.4. The maximum Gasteiger partial charge on any atom is 0.421 e. The molecule has 3 amide bonds. The van der Waals surface area contributed by atoms with Gasteiger partial charge in [0, 0.05) is 17.7 Å². The molecule has 3 atom stereocenters. The van der Waals surface area contributed by atoms with Crippen molar-refractivity contribution < 1.29 is 59.3 Å². The van der Waals surface area contributed by atoms with E-state index in [4.69, 9.17) is 19.9 Å². The molecule has 0 bridgehead atoms. The Bertz CT molecular complexity index is 1660. The Hall–Kier alpha value is -4.81. The van der Waals surface area contributed by atoms with Gasteiger partial charge in [-0.1, -0.05) is 18.2 Å². The van der Waals surface area contributed by atoms with E-state index in [1.54, 1.807) is 5.32 Å². The highest BCUT2D eigenvalue weighted by atomic mass is 19.4. The lowest BCUT2D eigenvalue weighted by molar-refractivity contribution is -0.124. The molecule has 0 unspecified atom stereocenters. The molecule has 2 aromatic carbocycles. The minimum atomic E-state index is -4.60. The molecule has 1 aromatic heterocycles. The summed E-state index contributed by atoms with van der Waals surface area (Å²) in [7, 11) is 0. The lowest BCUT2D eigenvalue weighted by atomic mass is 9.98. The van der Waals surface area contributed by atoms with Gasteiger partial charge in [-0.25, -0.2) is 32.1 Å². The van der Waals surface area contributed by atoms with Crippen LogP contribution in [0.3, 0.4) is 0 Å². The van der Waals surface area contributed by atoms with Crippen molar-refractivity contribution in [2.45, 2.75) is 43.6 Å². The van der Waals surface area contributed by atoms with E-state index in [1.807, 2.05) is 0 Å². The average Bonchev–Trinajstić information content (AvgIpc) is 3.10. The number of ether oxygens (including phenoxy) is 3. The fourth-order valence-corrected chi connectivity index (χ4v) is 5.11. The third-order valence-corrected chi connectivity index (χ3v) is 7.62. The molecule has 0 spiro atoms. The smallest absolute Gasteiger partial charge is 0.421 e. The molecule has 1 fully saturated rings. The minimum Gasteiger partial charge on any atom is -0.448 e. The van der Waals surface area contributed by atoms with Crippen molar-refractivity contribution in [2.75, 3.05) is 44.5 Å². The lowest BCUT2D eigenvalue weighted by Gasteiger charge is -2.30. The standard InChI is InChI=1S/C33H34F7N5O6/c34-9-10-49-32(48)45(30(46)28(41)12-19-1-8-26(36)25(11-19)20-2-4-21(35)5-3-20)29-15-42-14-27(37)24(29)7-6-23-13-43-22(16-50-23)17-51-31(47)44-18-33(38,39)40/h1-5,8,11,14-15,22-23,28,43H,6-7,9-10,12-13,16-18,41H2,(H,44,47)/t22-,23+,28-/m0/s1. The van der Waals surface area contributed by atoms with Gasteiger partial charge < -0.3 is 30.6 Å². The van der Waals surface area contributed by atoms with Crippen LogP contribution in [0, 0.1) is 17.5 Å². The van der Waals surface area contributed by atoms with Crippen LogP contribution >= 0.6 is 0 Å². The van der Waals surface area contributed by atoms with Crippen molar-refractivity contribution in [1.82, 2.24) is 15.6 Å². The van der Waals surface area contributed by atoms with Crippen LogP contribution < -0.4 is 21.3 Å². The van der Waals surface area contributed by atoms with Crippen molar-refractivity contribution >= 4 is 23.8 Å². The molecule has 1 saturated heterocycles. The van der Waals surface area contributed by atoms with E-state index in [9.17, 15) is 40.7 Å². The maximum absolute atomic E-state index is 15.3. The van der Waals surface area contributed by atoms with Crippen molar-refractivity contribution in [3.63, 3.8) is 0 Å². The normalized spacial score (nSPS) is 16.6. The summed E-state index contributed by atoms with van der Waals surface area (Å²) >= 11 is 0. The molecule has 0 aliphatic carbocycles. The highest BCUT2D eigenvalue weighted by Crippen LogP contribution is 2.28. The third-order valence-electron chi connectivity index (χ3n) is 7.62. The van der Waals surface area contributed by atoms with Gasteiger partial charge in [-0.15, -0.1) is 0 Å². The summed E-state index contributed by atoms with van der Waals surface area (Å²) < 4.78 is 108. The Kier molecular flexibility index (Phi) is 13.7. The number of alkyl carbamates (subject to hydrolysis) is 1. The highest BCUT2D eigenvalue weighted by molar-refractivity contribution is 6.14. The van der Waals surface area contributed by atoms with Crippen LogP contribution in [-0.2, 0) is 31.8 Å². The van der Waals surface area contributed by atoms with Crippen molar-refractivity contribution in [1.29, 1.82) is 0 Å². The molecule has 11 nitrogen and oxygen atoms in total. The van der Waals surface area contributed by atoms with Crippen LogP contribution in [-0.4, -0.2) is 87.0 Å². The number of carbonyl (C=O) groups excluding carboxylic acids is 3. The average molecular weight is 730 g/mol. The van der Waals surface area contributed by atoms with E-state index >= 15 is 4.39 Å². The third kappa shape index (κ3) is 11.3. The van der Waals surface area contributed by atoms with Gasteiger partial charge in [-0.3, -0.25) is 9.78 Å². The quantitative estimate of drug-likeness (QED) is 0.212. The topological polar surface area (TPSA) is 145 Å². The second-order valence-electron chi connectivity index (χ2n) is 11.4. The van der Waals surface area contributed by atoms with Gasteiger partial charge in [0.15, 0.2) is 0 Å². The fourth-order valence-electron chi connectivity index (χ4n) is 5.11. The van der Waals surface area contributed by atoms with E-state index in [0.29, 0.717) is 16.0 Å². The summed E-state index contributed by atoms with van der Waals surface area (Å²) in [5, 5.41) is 4.59. The molecule has 2 heterocycles. The Morgan fingerprint density at radius 2 is 1.80 bits per heavy atom. The number of nitrogens with one attached hydrogen (secondary N) is 2. The summed E-state index contributed by atoms with van der Waals surface area (Å²) in [5.74, 6) is -3.09. The van der Waals surface area contributed by atoms with Crippen LogP contribution in [0.5, 0.6) is 0 Å². The summed E-state index contributed by atoms with van der Waals surface area (Å²) in [6, 6.07) is 6.96. The lowest BCUT2D eigenvalue weighted by Crippen LogP contribution is -2.50. The van der Waals surface area contributed by atoms with Gasteiger partial charge in [0.05, 0.1) is 42.9 Å². The predicted molar refractivity (Wildman–Crippen MR) is 168 cm³/mol. The van der Waals surface area contributed by atoms with E-state index in [1.165, 1.54) is 24.3 Å². The summed E-state index contributed by atoms with van der Waals surface area (Å²) in [6.07, 6.45) is -6.03. The molecule has 0 radical (unpaired) electrons. The zero-order valence-corrected chi connectivity index (χ0v) is 26.9. The van der Waals surface area contributed by atoms with Gasteiger partial charge in [0.25, 0.3) is 5.91 Å². The van der Waals surface area contributed by atoms with Crippen molar-refractivity contribution in [3.05, 3.63) is 83.4 Å². The Labute approximate surface area is 287 Å². The first-order valence-corrected chi connectivity index (χ1v) is 15.6. The molecule has 4 rings (SSSR count). The monoisotopic (exact) mass is 729 g/mol. The minimum absolute atomic E-state index is 0.00974. The van der Waals surface area contributed by atoms with E-state index in [2.05, 4.69) is 10.3 Å². The summed E-state index contributed by atoms with van der Waals surface area (Å²) in [5.41, 5.74) is 6.61. The molecular formula is C33H34F7N5O6. The molecular weight excluding hydrogens is 695 g/mol. The van der Waals surface area contributed by atoms with Gasteiger partial charge in [0.2, 0.25) is 0 Å². The molecule has 276 valence electrons. The zero-order valence-electron chi connectivity index (χ0n) is 26.9.